The lowest BCUT2D eigenvalue weighted by Crippen LogP contribution is -2.40. The first-order valence-electron chi connectivity index (χ1n) is 8.47. The molecular weight excluding hydrogens is 304 g/mol. The minimum atomic E-state index is 0.750. The molecular formula is C18H26N4S. The summed E-state index contributed by atoms with van der Waals surface area (Å²) in [5, 5.41) is 8.93. The maximum atomic E-state index is 4.31. The van der Waals surface area contributed by atoms with E-state index in [1.54, 1.807) is 0 Å². The molecule has 1 fully saturated rings. The van der Waals surface area contributed by atoms with Crippen molar-refractivity contribution in [3.8, 4) is 0 Å². The van der Waals surface area contributed by atoms with E-state index in [9.17, 15) is 0 Å². The van der Waals surface area contributed by atoms with E-state index in [0.717, 1.165) is 37.3 Å². The lowest BCUT2D eigenvalue weighted by molar-refractivity contribution is 0.638. The van der Waals surface area contributed by atoms with Gasteiger partial charge in [-0.15, -0.1) is 0 Å². The molecule has 1 atom stereocenters. The molecule has 0 amide bonds. The highest BCUT2D eigenvalue weighted by Crippen LogP contribution is 2.25. The van der Waals surface area contributed by atoms with Crippen molar-refractivity contribution in [3.63, 3.8) is 0 Å². The van der Waals surface area contributed by atoms with Gasteiger partial charge in [-0.25, -0.2) is 0 Å². The van der Waals surface area contributed by atoms with Crippen molar-refractivity contribution in [1.82, 2.24) is 15.2 Å². The van der Waals surface area contributed by atoms with Gasteiger partial charge in [0.25, 0.3) is 0 Å². The van der Waals surface area contributed by atoms with Crippen LogP contribution in [-0.4, -0.2) is 41.7 Å². The van der Waals surface area contributed by atoms with Crippen LogP contribution in [0.1, 0.15) is 19.3 Å². The van der Waals surface area contributed by atoms with Gasteiger partial charge in [0.1, 0.15) is 0 Å². The summed E-state index contributed by atoms with van der Waals surface area (Å²) in [4.78, 5) is 4.31. The molecule has 5 heteroatoms. The summed E-state index contributed by atoms with van der Waals surface area (Å²) in [6, 6.07) is 10.7. The number of guanidine groups is 1. The number of nitrogens with one attached hydrogen (secondary N) is 2. The third-order valence-corrected chi connectivity index (χ3v) is 5.69. The first-order valence-corrected chi connectivity index (χ1v) is 9.51. The van der Waals surface area contributed by atoms with E-state index in [2.05, 4.69) is 68.5 Å². The fourth-order valence-electron chi connectivity index (χ4n) is 3.03. The Kier molecular flexibility index (Phi) is 5.86. The standard InChI is InChI=1S/C18H26N4S/c1-19-18(21-14-16-7-4-13-23-16)20-10-5-11-22-12-9-15-6-2-3-8-17(15)22/h2-3,6,8-9,12,16H,4-5,7,10-11,13-14H2,1H3,(H2,19,20,21). The van der Waals surface area contributed by atoms with Gasteiger partial charge >= 0.3 is 0 Å². The summed E-state index contributed by atoms with van der Waals surface area (Å²) >= 11 is 2.07. The molecule has 1 aromatic carbocycles. The summed E-state index contributed by atoms with van der Waals surface area (Å²) in [6.07, 6.45) is 5.94. The van der Waals surface area contributed by atoms with Gasteiger partial charge in [-0.3, -0.25) is 4.99 Å². The zero-order valence-electron chi connectivity index (χ0n) is 13.8. The van der Waals surface area contributed by atoms with Crippen LogP contribution in [0.15, 0.2) is 41.5 Å². The molecule has 23 heavy (non-hydrogen) atoms. The largest absolute Gasteiger partial charge is 0.356 e. The Labute approximate surface area is 142 Å². The maximum absolute atomic E-state index is 4.31. The smallest absolute Gasteiger partial charge is 0.191 e. The predicted molar refractivity (Wildman–Crippen MR) is 101 cm³/mol. The number of aromatic nitrogens is 1. The Balaban J connectivity index is 1.39. The van der Waals surface area contributed by atoms with Crippen molar-refractivity contribution in [1.29, 1.82) is 0 Å². The number of thioether (sulfide) groups is 1. The highest BCUT2D eigenvalue weighted by atomic mass is 32.2. The van der Waals surface area contributed by atoms with Crippen LogP contribution in [0.2, 0.25) is 0 Å². The highest BCUT2D eigenvalue weighted by molar-refractivity contribution is 8.00. The number of benzene rings is 1. The predicted octanol–water partition coefficient (Wildman–Crippen LogP) is 3.09. The second kappa shape index (κ2) is 8.29. The zero-order valence-corrected chi connectivity index (χ0v) is 14.6. The lowest BCUT2D eigenvalue weighted by Gasteiger charge is -2.15. The third kappa shape index (κ3) is 4.44. The van der Waals surface area contributed by atoms with E-state index >= 15 is 0 Å². The molecule has 2 aromatic rings. The topological polar surface area (TPSA) is 41.4 Å². The number of hydrogen-bond donors (Lipinski definition) is 2. The molecule has 1 unspecified atom stereocenters. The number of para-hydroxylation sites is 1. The summed E-state index contributed by atoms with van der Waals surface area (Å²) in [5.74, 6) is 2.23. The Morgan fingerprint density at radius 1 is 1.30 bits per heavy atom. The van der Waals surface area contributed by atoms with Gasteiger partial charge in [-0.1, -0.05) is 18.2 Å². The number of hydrogen-bond acceptors (Lipinski definition) is 2. The zero-order chi connectivity index (χ0) is 15.9. The molecule has 1 aliphatic heterocycles. The quantitative estimate of drug-likeness (QED) is 0.486. The third-order valence-electron chi connectivity index (χ3n) is 4.29. The lowest BCUT2D eigenvalue weighted by atomic mass is 10.2. The molecule has 3 rings (SSSR count). The van der Waals surface area contributed by atoms with E-state index in [0.29, 0.717) is 0 Å². The Morgan fingerprint density at radius 2 is 2.22 bits per heavy atom. The average Bonchev–Trinajstić information content (AvgIpc) is 3.24. The van der Waals surface area contributed by atoms with E-state index in [4.69, 9.17) is 0 Å². The molecule has 124 valence electrons. The molecule has 0 radical (unpaired) electrons. The maximum Gasteiger partial charge on any atom is 0.191 e. The molecule has 2 N–H and O–H groups in total. The molecule has 0 spiro atoms. The first-order chi connectivity index (χ1) is 11.4. The number of nitrogens with zero attached hydrogens (tertiary/aromatic N) is 2. The van der Waals surface area contributed by atoms with E-state index in [1.807, 2.05) is 7.05 Å². The van der Waals surface area contributed by atoms with Gasteiger partial charge < -0.3 is 15.2 Å². The van der Waals surface area contributed by atoms with Crippen LogP contribution in [-0.2, 0) is 6.54 Å². The fourth-order valence-corrected chi connectivity index (χ4v) is 4.23. The van der Waals surface area contributed by atoms with Crippen LogP contribution in [0.25, 0.3) is 10.9 Å². The van der Waals surface area contributed by atoms with Crippen molar-refractivity contribution >= 4 is 28.6 Å². The summed E-state index contributed by atoms with van der Waals surface area (Å²) < 4.78 is 2.32. The van der Waals surface area contributed by atoms with Crippen LogP contribution < -0.4 is 10.6 Å². The van der Waals surface area contributed by atoms with Crippen molar-refractivity contribution < 1.29 is 0 Å². The van der Waals surface area contributed by atoms with Gasteiger partial charge in [-0.2, -0.15) is 11.8 Å². The SMILES string of the molecule is CN=C(NCCCn1ccc2ccccc21)NCC1CCCS1. The molecule has 0 bridgehead atoms. The Hall–Kier alpha value is -1.62. The van der Waals surface area contributed by atoms with E-state index in [-0.39, 0.29) is 0 Å². The highest BCUT2D eigenvalue weighted by Gasteiger charge is 2.15. The number of aliphatic imine (C=N–C) groups is 1. The molecule has 1 aromatic heterocycles. The van der Waals surface area contributed by atoms with Crippen LogP contribution in [0, 0.1) is 0 Å². The first kappa shape index (κ1) is 16.2. The number of aryl methyl sites for hydroxylation is 1. The molecule has 1 aliphatic rings. The van der Waals surface area contributed by atoms with Crippen LogP contribution in [0.3, 0.4) is 0 Å². The van der Waals surface area contributed by atoms with E-state index in [1.165, 1.54) is 29.5 Å². The van der Waals surface area contributed by atoms with Crippen molar-refractivity contribution in [3.05, 3.63) is 36.5 Å². The molecule has 0 aliphatic carbocycles. The molecule has 1 saturated heterocycles. The second-order valence-corrected chi connectivity index (χ2v) is 7.34. The minimum absolute atomic E-state index is 0.750. The van der Waals surface area contributed by atoms with Gasteiger partial charge in [-0.05, 0) is 42.5 Å². The van der Waals surface area contributed by atoms with Crippen LogP contribution in [0.4, 0.5) is 0 Å². The summed E-state index contributed by atoms with van der Waals surface area (Å²) in [7, 11) is 1.84. The Bertz CT molecular complexity index is 643. The molecule has 0 saturated carbocycles. The van der Waals surface area contributed by atoms with Gasteiger partial charge in [0.15, 0.2) is 5.96 Å². The van der Waals surface area contributed by atoms with Crippen molar-refractivity contribution in [2.24, 2.45) is 4.99 Å². The van der Waals surface area contributed by atoms with Gasteiger partial charge in [0.05, 0.1) is 0 Å². The summed E-state index contributed by atoms with van der Waals surface area (Å²) in [5.41, 5.74) is 1.31. The van der Waals surface area contributed by atoms with Crippen molar-refractivity contribution in [2.75, 3.05) is 25.9 Å². The second-order valence-electron chi connectivity index (χ2n) is 5.94. The molecule has 2 heterocycles. The van der Waals surface area contributed by atoms with Crippen LogP contribution in [0.5, 0.6) is 0 Å². The fraction of sp³-hybridized carbons (Fsp3) is 0.500. The van der Waals surface area contributed by atoms with Gasteiger partial charge in [0.2, 0.25) is 0 Å². The summed E-state index contributed by atoms with van der Waals surface area (Å²) in [6.45, 7) is 2.98. The van der Waals surface area contributed by atoms with Crippen molar-refractivity contribution in [2.45, 2.75) is 31.1 Å². The Morgan fingerprint density at radius 3 is 3.04 bits per heavy atom. The monoisotopic (exact) mass is 330 g/mol. The number of rotatable bonds is 6. The number of fused-ring (bicyclic) bond motifs is 1. The van der Waals surface area contributed by atoms with Gasteiger partial charge in [0, 0.05) is 43.6 Å². The van der Waals surface area contributed by atoms with E-state index < -0.39 is 0 Å². The normalized spacial score (nSPS) is 18.5. The molecule has 4 nitrogen and oxygen atoms in total. The average molecular weight is 331 g/mol. The van der Waals surface area contributed by atoms with Crippen LogP contribution >= 0.6 is 11.8 Å². The minimum Gasteiger partial charge on any atom is -0.356 e.